The van der Waals surface area contributed by atoms with Crippen molar-refractivity contribution in [3.63, 3.8) is 0 Å². The first kappa shape index (κ1) is 25.9. The Morgan fingerprint density at radius 2 is 1.97 bits per heavy atom. The Bertz CT molecular complexity index is 947. The molecule has 1 unspecified atom stereocenters. The fourth-order valence-corrected chi connectivity index (χ4v) is 5.88. The van der Waals surface area contributed by atoms with Crippen LogP contribution in [0.25, 0.3) is 0 Å². The SMILES string of the molecule is C=CC[C@](C)(C#N)S(=O)(=O)C[C@@](CF)(CC(C)(C)S(N)=O)c1cc(Br)ccc1F. The minimum absolute atomic E-state index is 0.179. The molecule has 3 atom stereocenters. The normalized spacial score (nSPS) is 17.6. The molecule has 0 bridgehead atoms. The Morgan fingerprint density at radius 3 is 2.41 bits per heavy atom. The molecule has 2 N–H and O–H groups in total. The summed E-state index contributed by atoms with van der Waals surface area (Å²) in [5, 5.41) is 15.0. The van der Waals surface area contributed by atoms with E-state index < -0.39 is 54.0 Å². The summed E-state index contributed by atoms with van der Waals surface area (Å²) < 4.78 is 65.1. The van der Waals surface area contributed by atoms with Crippen LogP contribution in [-0.4, -0.2) is 34.5 Å². The van der Waals surface area contributed by atoms with Crippen molar-refractivity contribution in [2.45, 2.75) is 48.5 Å². The Balaban J connectivity index is 3.77. The number of sulfone groups is 1. The lowest BCUT2D eigenvalue weighted by atomic mass is 9.76. The number of rotatable bonds is 10. The van der Waals surface area contributed by atoms with Gasteiger partial charge in [-0.3, -0.25) is 9.53 Å². The van der Waals surface area contributed by atoms with Gasteiger partial charge in [0.25, 0.3) is 0 Å². The maximum absolute atomic E-state index is 14.8. The van der Waals surface area contributed by atoms with Crippen molar-refractivity contribution in [3.05, 3.63) is 46.7 Å². The molecule has 0 aliphatic rings. The Kier molecular flexibility index (Phi) is 8.33. The van der Waals surface area contributed by atoms with E-state index in [2.05, 4.69) is 22.5 Å². The average molecular weight is 511 g/mol. The molecule has 0 heterocycles. The van der Waals surface area contributed by atoms with Gasteiger partial charge in [0, 0.05) is 9.89 Å². The van der Waals surface area contributed by atoms with Gasteiger partial charge in [0.1, 0.15) is 12.5 Å². The Morgan fingerprint density at radius 1 is 1.38 bits per heavy atom. The van der Waals surface area contributed by atoms with Gasteiger partial charge in [-0.2, -0.15) is 5.26 Å². The molecule has 0 aliphatic heterocycles. The highest BCUT2D eigenvalue weighted by Gasteiger charge is 2.49. The zero-order chi connectivity index (χ0) is 22.7. The second-order valence-electron chi connectivity index (χ2n) is 7.87. The van der Waals surface area contributed by atoms with Gasteiger partial charge in [-0.1, -0.05) is 22.0 Å². The van der Waals surface area contributed by atoms with Crippen molar-refractivity contribution in [1.29, 1.82) is 5.26 Å². The molecule has 10 heteroatoms. The van der Waals surface area contributed by atoms with Crippen molar-refractivity contribution < 1.29 is 21.4 Å². The molecule has 0 aliphatic carbocycles. The fraction of sp³-hybridized carbons (Fsp3) is 0.526. The van der Waals surface area contributed by atoms with E-state index in [1.807, 2.05) is 0 Å². The van der Waals surface area contributed by atoms with E-state index in [0.717, 1.165) is 6.07 Å². The summed E-state index contributed by atoms with van der Waals surface area (Å²) in [6, 6.07) is 5.56. The molecule has 0 saturated carbocycles. The number of benzene rings is 1. The van der Waals surface area contributed by atoms with E-state index in [9.17, 15) is 26.7 Å². The van der Waals surface area contributed by atoms with Gasteiger partial charge in [-0.15, -0.1) is 6.58 Å². The van der Waals surface area contributed by atoms with Crippen LogP contribution in [0.2, 0.25) is 0 Å². The van der Waals surface area contributed by atoms with E-state index in [0.29, 0.717) is 4.47 Å². The monoisotopic (exact) mass is 510 g/mol. The van der Waals surface area contributed by atoms with E-state index in [1.54, 1.807) is 6.07 Å². The quantitative estimate of drug-likeness (QED) is 0.482. The largest absolute Gasteiger partial charge is 0.251 e. The molecular weight excluding hydrogens is 486 g/mol. The number of nitrogens with zero attached hydrogens (tertiary/aromatic N) is 1. The van der Waals surface area contributed by atoms with Crippen molar-refractivity contribution in [3.8, 4) is 6.07 Å². The van der Waals surface area contributed by atoms with Crippen LogP contribution in [0, 0.1) is 17.1 Å². The zero-order valence-corrected chi connectivity index (χ0v) is 19.8. The fourth-order valence-electron chi connectivity index (χ4n) is 3.21. The first-order valence-corrected chi connectivity index (χ1v) is 12.3. The van der Waals surface area contributed by atoms with Gasteiger partial charge in [0.05, 0.1) is 27.6 Å². The van der Waals surface area contributed by atoms with Crippen molar-refractivity contribution >= 4 is 36.8 Å². The first-order chi connectivity index (χ1) is 13.2. The maximum Gasteiger partial charge on any atom is 0.170 e. The summed E-state index contributed by atoms with van der Waals surface area (Å²) in [5.74, 6) is -1.66. The molecular formula is C19H25BrF2N2O3S2. The number of alkyl halides is 1. The van der Waals surface area contributed by atoms with Gasteiger partial charge in [-0.25, -0.2) is 17.0 Å². The summed E-state index contributed by atoms with van der Waals surface area (Å²) in [4.78, 5) is 0. The van der Waals surface area contributed by atoms with E-state index in [-0.39, 0.29) is 18.4 Å². The second kappa shape index (κ2) is 9.33. The van der Waals surface area contributed by atoms with E-state index in [4.69, 9.17) is 5.14 Å². The van der Waals surface area contributed by atoms with Crippen LogP contribution in [-0.2, 0) is 26.2 Å². The third-order valence-corrected chi connectivity index (χ3v) is 9.28. The summed E-state index contributed by atoms with van der Waals surface area (Å²) in [5.41, 5.74) is -2.08. The maximum atomic E-state index is 14.8. The van der Waals surface area contributed by atoms with Crippen molar-refractivity contribution in [1.82, 2.24) is 0 Å². The number of allylic oxidation sites excluding steroid dienone is 1. The van der Waals surface area contributed by atoms with Gasteiger partial charge < -0.3 is 0 Å². The van der Waals surface area contributed by atoms with Crippen LogP contribution in [0.15, 0.2) is 35.3 Å². The first-order valence-electron chi connectivity index (χ1n) is 8.62. The molecule has 0 fully saturated rings. The highest BCUT2D eigenvalue weighted by atomic mass is 79.9. The molecule has 29 heavy (non-hydrogen) atoms. The van der Waals surface area contributed by atoms with Crippen LogP contribution in [0.4, 0.5) is 8.78 Å². The predicted octanol–water partition coefficient (Wildman–Crippen LogP) is 3.86. The highest BCUT2D eigenvalue weighted by molar-refractivity contribution is 9.10. The third kappa shape index (κ3) is 5.51. The molecule has 0 aromatic heterocycles. The van der Waals surface area contributed by atoms with E-state index in [1.165, 1.54) is 39.0 Å². The Hall–Kier alpha value is -1.15. The molecule has 1 aromatic carbocycles. The summed E-state index contributed by atoms with van der Waals surface area (Å²) in [6.45, 7) is 6.42. The molecule has 0 amide bonds. The summed E-state index contributed by atoms with van der Waals surface area (Å²) in [7, 11) is -6.22. The lowest BCUT2D eigenvalue weighted by Gasteiger charge is -2.39. The van der Waals surface area contributed by atoms with Gasteiger partial charge in [0.15, 0.2) is 14.6 Å². The minimum Gasteiger partial charge on any atom is -0.251 e. The molecule has 5 nitrogen and oxygen atoms in total. The molecule has 1 rings (SSSR count). The van der Waals surface area contributed by atoms with Crippen LogP contribution >= 0.6 is 15.9 Å². The molecule has 0 saturated heterocycles. The van der Waals surface area contributed by atoms with Crippen LogP contribution < -0.4 is 5.14 Å². The zero-order valence-electron chi connectivity index (χ0n) is 16.5. The number of halogens is 3. The van der Waals surface area contributed by atoms with Crippen LogP contribution in [0.5, 0.6) is 0 Å². The highest BCUT2D eigenvalue weighted by Crippen LogP contribution is 2.41. The van der Waals surface area contributed by atoms with Gasteiger partial charge >= 0.3 is 0 Å². The second-order valence-corrected chi connectivity index (χ2v) is 12.9. The average Bonchev–Trinajstić information content (AvgIpc) is 2.62. The van der Waals surface area contributed by atoms with Crippen molar-refractivity contribution in [2.24, 2.45) is 5.14 Å². The van der Waals surface area contributed by atoms with Crippen molar-refractivity contribution in [2.75, 3.05) is 12.4 Å². The number of hydrogen-bond acceptors (Lipinski definition) is 4. The predicted molar refractivity (Wildman–Crippen MR) is 115 cm³/mol. The third-order valence-electron chi connectivity index (χ3n) is 4.99. The van der Waals surface area contributed by atoms with Crippen LogP contribution in [0.3, 0.4) is 0 Å². The number of nitriles is 1. The number of hydrogen-bond donors (Lipinski definition) is 1. The summed E-state index contributed by atoms with van der Waals surface area (Å²) >= 11 is 3.20. The lowest BCUT2D eigenvalue weighted by molar-refractivity contribution is 0.280. The van der Waals surface area contributed by atoms with Gasteiger partial charge in [-0.05, 0) is 57.4 Å². The smallest absolute Gasteiger partial charge is 0.170 e. The van der Waals surface area contributed by atoms with E-state index >= 15 is 0 Å². The Labute approximate surface area is 182 Å². The minimum atomic E-state index is -4.27. The molecule has 0 radical (unpaired) electrons. The lowest BCUT2D eigenvalue weighted by Crippen LogP contribution is -2.50. The van der Waals surface area contributed by atoms with Gasteiger partial charge in [0.2, 0.25) is 0 Å². The summed E-state index contributed by atoms with van der Waals surface area (Å²) in [6.07, 6.45) is 0.791. The van der Waals surface area contributed by atoms with Crippen LogP contribution in [0.1, 0.15) is 39.2 Å². The molecule has 162 valence electrons. The topological polar surface area (TPSA) is 101 Å². The molecule has 1 aromatic rings. The molecule has 0 spiro atoms. The number of nitrogens with two attached hydrogens (primary N) is 1. The standard InChI is InChI=1S/C19H25BrF2N2O3S2/c1-5-8-18(4,12-23)29(26,27)13-19(11-21,10-17(2,3)28(24)25)15-9-14(20)6-7-16(15)22/h5-7,9H,1,8,10-11,13,24H2,2-4H3/t18-,19+,28?/m1/s1.